The molecule has 0 aromatic carbocycles. The first-order chi connectivity index (χ1) is 12.7. The number of rotatable bonds is 6. The molecule has 0 spiro atoms. The maximum atomic E-state index is 12.6. The van der Waals surface area contributed by atoms with E-state index in [0.717, 1.165) is 0 Å². The second-order valence-corrected chi connectivity index (χ2v) is 7.74. The predicted octanol–water partition coefficient (Wildman–Crippen LogP) is 1.76. The van der Waals surface area contributed by atoms with Gasteiger partial charge in [-0.1, -0.05) is 11.6 Å². The van der Waals surface area contributed by atoms with E-state index in [-0.39, 0.29) is 29.9 Å². The summed E-state index contributed by atoms with van der Waals surface area (Å²) in [6.07, 6.45) is 4.26. The summed E-state index contributed by atoms with van der Waals surface area (Å²) in [7, 11) is 0. The highest BCUT2D eigenvalue weighted by Crippen LogP contribution is 2.19. The standard InChI is InChI=1S/C20H31N5O2/c1-12(2)7-8-25-11-16(9-18(25)20(27)22-13(3)4)24-19(26)17-10-21-15(6)23-14(17)5/h7,10,13,16,18H,8-9,11H2,1-6H3,(H,22,27)(H,24,26)/t16-,18+/m1/s1. The molecule has 0 aliphatic carbocycles. The van der Waals surface area contributed by atoms with Crippen LogP contribution in [0.25, 0.3) is 0 Å². The van der Waals surface area contributed by atoms with Gasteiger partial charge in [0.05, 0.1) is 17.3 Å². The molecule has 2 amide bonds. The van der Waals surface area contributed by atoms with E-state index in [1.54, 1.807) is 20.0 Å². The molecule has 0 bridgehead atoms. The highest BCUT2D eigenvalue weighted by molar-refractivity contribution is 5.95. The molecule has 27 heavy (non-hydrogen) atoms. The van der Waals surface area contributed by atoms with Gasteiger partial charge in [0.2, 0.25) is 5.91 Å². The molecule has 1 aliphatic rings. The first kappa shape index (κ1) is 21.0. The lowest BCUT2D eigenvalue weighted by Crippen LogP contribution is -2.45. The van der Waals surface area contributed by atoms with Crippen LogP contribution in [0.2, 0.25) is 0 Å². The second-order valence-electron chi connectivity index (χ2n) is 7.74. The normalized spacial score (nSPS) is 19.8. The third-order valence-corrected chi connectivity index (χ3v) is 4.55. The lowest BCUT2D eigenvalue weighted by molar-refractivity contribution is -0.125. The summed E-state index contributed by atoms with van der Waals surface area (Å²) >= 11 is 0. The van der Waals surface area contributed by atoms with Crippen LogP contribution in [0.4, 0.5) is 0 Å². The monoisotopic (exact) mass is 373 g/mol. The maximum Gasteiger partial charge on any atom is 0.254 e. The van der Waals surface area contributed by atoms with Gasteiger partial charge in [-0.05, 0) is 48.0 Å². The molecule has 0 radical (unpaired) electrons. The molecule has 1 saturated heterocycles. The van der Waals surface area contributed by atoms with E-state index in [9.17, 15) is 9.59 Å². The molecule has 7 heteroatoms. The Morgan fingerprint density at radius 2 is 2.04 bits per heavy atom. The number of carbonyl (C=O) groups is 2. The largest absolute Gasteiger partial charge is 0.353 e. The van der Waals surface area contributed by atoms with Gasteiger partial charge in [-0.2, -0.15) is 0 Å². The van der Waals surface area contributed by atoms with Crippen molar-refractivity contribution in [2.75, 3.05) is 13.1 Å². The van der Waals surface area contributed by atoms with Crippen LogP contribution in [-0.2, 0) is 4.79 Å². The summed E-state index contributed by atoms with van der Waals surface area (Å²) in [4.78, 5) is 35.7. The fourth-order valence-corrected chi connectivity index (χ4v) is 3.23. The lowest BCUT2D eigenvalue weighted by Gasteiger charge is -2.23. The zero-order valence-electron chi connectivity index (χ0n) is 17.2. The number of nitrogens with zero attached hydrogens (tertiary/aromatic N) is 3. The average molecular weight is 374 g/mol. The van der Waals surface area contributed by atoms with E-state index in [0.29, 0.717) is 36.6 Å². The number of aryl methyl sites for hydroxylation is 2. The Morgan fingerprint density at radius 1 is 1.33 bits per heavy atom. The smallest absolute Gasteiger partial charge is 0.254 e. The number of hydrogen-bond acceptors (Lipinski definition) is 5. The van der Waals surface area contributed by atoms with Crippen molar-refractivity contribution in [1.82, 2.24) is 25.5 Å². The van der Waals surface area contributed by atoms with Gasteiger partial charge in [-0.25, -0.2) is 9.97 Å². The average Bonchev–Trinajstić information content (AvgIpc) is 2.95. The Hall–Kier alpha value is -2.28. The Balaban J connectivity index is 2.09. The summed E-state index contributed by atoms with van der Waals surface area (Å²) < 4.78 is 0. The summed E-state index contributed by atoms with van der Waals surface area (Å²) in [5, 5.41) is 6.04. The summed E-state index contributed by atoms with van der Waals surface area (Å²) in [6, 6.07) is -0.251. The first-order valence-corrected chi connectivity index (χ1v) is 9.46. The van der Waals surface area contributed by atoms with E-state index >= 15 is 0 Å². The molecule has 0 saturated carbocycles. The molecule has 148 valence electrons. The molecule has 1 aromatic rings. The molecule has 0 unspecified atom stereocenters. The summed E-state index contributed by atoms with van der Waals surface area (Å²) in [5.41, 5.74) is 2.35. The van der Waals surface area contributed by atoms with Crippen molar-refractivity contribution in [1.29, 1.82) is 0 Å². The number of aromatic nitrogens is 2. The van der Waals surface area contributed by atoms with Crippen LogP contribution in [0.3, 0.4) is 0 Å². The Bertz CT molecular complexity index is 725. The minimum atomic E-state index is -0.247. The molecular weight excluding hydrogens is 342 g/mol. The quantitative estimate of drug-likeness (QED) is 0.742. The van der Waals surface area contributed by atoms with Gasteiger partial charge in [0.15, 0.2) is 0 Å². The van der Waals surface area contributed by atoms with E-state index in [4.69, 9.17) is 0 Å². The third-order valence-electron chi connectivity index (χ3n) is 4.55. The van der Waals surface area contributed by atoms with Crippen molar-refractivity contribution >= 4 is 11.8 Å². The van der Waals surface area contributed by atoms with Crippen LogP contribution in [0.1, 0.15) is 56.0 Å². The van der Waals surface area contributed by atoms with Crippen molar-refractivity contribution < 1.29 is 9.59 Å². The number of amides is 2. The molecule has 2 heterocycles. The van der Waals surface area contributed by atoms with Gasteiger partial charge in [-0.15, -0.1) is 0 Å². The highest BCUT2D eigenvalue weighted by Gasteiger charge is 2.37. The van der Waals surface area contributed by atoms with Gasteiger partial charge >= 0.3 is 0 Å². The topological polar surface area (TPSA) is 87.2 Å². The maximum absolute atomic E-state index is 12.6. The zero-order chi connectivity index (χ0) is 20.1. The van der Waals surface area contributed by atoms with Crippen LogP contribution < -0.4 is 10.6 Å². The Labute approximate surface area is 161 Å². The van der Waals surface area contributed by atoms with E-state index in [1.807, 2.05) is 27.7 Å². The van der Waals surface area contributed by atoms with Crippen molar-refractivity contribution in [3.8, 4) is 0 Å². The van der Waals surface area contributed by atoms with E-state index < -0.39 is 0 Å². The SMILES string of the molecule is CC(C)=CCN1C[C@H](NC(=O)c2cnc(C)nc2C)C[C@H]1C(=O)NC(C)C. The van der Waals surface area contributed by atoms with Gasteiger partial charge in [0.1, 0.15) is 5.82 Å². The number of nitrogens with one attached hydrogen (secondary N) is 2. The lowest BCUT2D eigenvalue weighted by atomic mass is 10.1. The van der Waals surface area contributed by atoms with Crippen LogP contribution in [0.5, 0.6) is 0 Å². The number of allylic oxidation sites excluding steroid dienone is 1. The summed E-state index contributed by atoms with van der Waals surface area (Å²) in [6.45, 7) is 12.9. The fourth-order valence-electron chi connectivity index (χ4n) is 3.23. The minimum Gasteiger partial charge on any atom is -0.353 e. The van der Waals surface area contributed by atoms with Crippen molar-refractivity contribution in [3.05, 3.63) is 34.9 Å². The van der Waals surface area contributed by atoms with Crippen LogP contribution in [-0.4, -0.2) is 57.9 Å². The third kappa shape index (κ3) is 5.85. The Morgan fingerprint density at radius 3 is 2.63 bits per heavy atom. The van der Waals surface area contributed by atoms with Gasteiger partial charge in [0, 0.05) is 31.4 Å². The number of likely N-dealkylation sites (tertiary alicyclic amines) is 1. The van der Waals surface area contributed by atoms with Crippen molar-refractivity contribution in [3.63, 3.8) is 0 Å². The molecule has 7 nitrogen and oxygen atoms in total. The number of hydrogen-bond donors (Lipinski definition) is 2. The van der Waals surface area contributed by atoms with Crippen molar-refractivity contribution in [2.45, 2.75) is 66.1 Å². The Kier molecular flexibility index (Phi) is 7.07. The van der Waals surface area contributed by atoms with E-state index in [2.05, 4.69) is 31.6 Å². The van der Waals surface area contributed by atoms with E-state index in [1.165, 1.54) is 5.57 Å². The van der Waals surface area contributed by atoms with Crippen LogP contribution in [0.15, 0.2) is 17.8 Å². The molecule has 2 atom stereocenters. The molecule has 1 fully saturated rings. The van der Waals surface area contributed by atoms with Gasteiger partial charge < -0.3 is 10.6 Å². The molecule has 2 N–H and O–H groups in total. The fraction of sp³-hybridized carbons (Fsp3) is 0.600. The first-order valence-electron chi connectivity index (χ1n) is 9.46. The van der Waals surface area contributed by atoms with Crippen molar-refractivity contribution in [2.24, 2.45) is 0 Å². The number of carbonyl (C=O) groups excluding carboxylic acids is 2. The molecule has 2 rings (SSSR count). The van der Waals surface area contributed by atoms with Crippen LogP contribution >= 0.6 is 0 Å². The summed E-state index contributed by atoms with van der Waals surface area (Å²) in [5.74, 6) is 0.464. The van der Waals surface area contributed by atoms with Gasteiger partial charge in [-0.3, -0.25) is 14.5 Å². The highest BCUT2D eigenvalue weighted by atomic mass is 16.2. The van der Waals surface area contributed by atoms with Crippen LogP contribution in [0, 0.1) is 13.8 Å². The molecular formula is C20H31N5O2. The molecule has 1 aromatic heterocycles. The minimum absolute atomic E-state index is 0.0127. The zero-order valence-corrected chi connectivity index (χ0v) is 17.2. The predicted molar refractivity (Wildman–Crippen MR) is 105 cm³/mol. The van der Waals surface area contributed by atoms with Gasteiger partial charge in [0.25, 0.3) is 5.91 Å². The molecule has 1 aliphatic heterocycles. The second kappa shape index (κ2) is 9.08.